The van der Waals surface area contributed by atoms with E-state index in [9.17, 15) is 14.5 Å². The van der Waals surface area contributed by atoms with Crippen LogP contribution in [0, 0.1) is 4.91 Å². The topological polar surface area (TPSA) is 133 Å². The van der Waals surface area contributed by atoms with Gasteiger partial charge in [-0.2, -0.15) is 0 Å². The summed E-state index contributed by atoms with van der Waals surface area (Å²) in [7, 11) is 0. The van der Waals surface area contributed by atoms with Crippen LogP contribution in [-0.4, -0.2) is 49.4 Å². The monoisotopic (exact) mass is 263 g/mol. The molecule has 9 heteroatoms. The summed E-state index contributed by atoms with van der Waals surface area (Å²) in [5, 5.41) is 20.2. The molecule has 0 aromatic rings. The minimum atomic E-state index is -1.37. The Balaban J connectivity index is 3.08. The molecule has 0 spiro atoms. The predicted molar refractivity (Wildman–Crippen MR) is 60.1 cm³/mol. The Labute approximate surface area is 101 Å². The molecular weight excluding hydrogens is 250 g/mol. The van der Waals surface area contributed by atoms with Gasteiger partial charge < -0.3 is 15.9 Å². The molecule has 0 aliphatic carbocycles. The Morgan fingerprint density at radius 3 is 2.35 bits per heavy atom. The average Bonchev–Trinajstić information content (AvgIpc) is 2.47. The first kappa shape index (κ1) is 13.7. The van der Waals surface area contributed by atoms with Gasteiger partial charge >= 0.3 is 11.9 Å². The number of nitrogens with two attached hydrogens (primary N) is 1. The quantitative estimate of drug-likeness (QED) is 0.588. The Kier molecular flexibility index (Phi) is 3.62. The van der Waals surface area contributed by atoms with Gasteiger partial charge in [0.2, 0.25) is 0 Å². The smallest absolute Gasteiger partial charge is 0.329 e. The fourth-order valence-corrected chi connectivity index (χ4v) is 3.25. The van der Waals surface area contributed by atoms with Gasteiger partial charge in [0.1, 0.15) is 11.4 Å². The Hall–Kier alpha value is -1.35. The van der Waals surface area contributed by atoms with Crippen molar-refractivity contribution >= 4 is 23.7 Å². The molecule has 0 aromatic heterocycles. The molecule has 0 saturated carbocycles. The SMILES string of the molecule is CC1(C)S[C@H](C(N)C(=O)O)N(N=O)[C@H]1C(=O)O. The number of carboxylic acids is 2. The highest BCUT2D eigenvalue weighted by Crippen LogP contribution is 2.45. The van der Waals surface area contributed by atoms with Crippen LogP contribution >= 0.6 is 11.8 Å². The van der Waals surface area contributed by atoms with E-state index in [0.29, 0.717) is 5.01 Å². The van der Waals surface area contributed by atoms with Crippen LogP contribution in [0.1, 0.15) is 13.8 Å². The average molecular weight is 263 g/mol. The van der Waals surface area contributed by atoms with E-state index in [1.54, 1.807) is 13.8 Å². The van der Waals surface area contributed by atoms with E-state index in [-0.39, 0.29) is 0 Å². The lowest BCUT2D eigenvalue weighted by molar-refractivity contribution is -0.146. The van der Waals surface area contributed by atoms with Crippen LogP contribution in [0.2, 0.25) is 0 Å². The summed E-state index contributed by atoms with van der Waals surface area (Å²) in [6.45, 7) is 3.20. The van der Waals surface area contributed by atoms with Crippen LogP contribution in [0.5, 0.6) is 0 Å². The Morgan fingerprint density at radius 1 is 1.47 bits per heavy atom. The minimum Gasteiger partial charge on any atom is -0.480 e. The molecule has 8 nitrogen and oxygen atoms in total. The molecule has 0 aromatic carbocycles. The zero-order chi connectivity index (χ0) is 13.4. The molecule has 0 bridgehead atoms. The van der Waals surface area contributed by atoms with E-state index in [1.165, 1.54) is 0 Å². The van der Waals surface area contributed by atoms with E-state index in [0.717, 1.165) is 11.8 Å². The molecule has 0 amide bonds. The lowest BCUT2D eigenvalue weighted by Crippen LogP contribution is -2.50. The lowest BCUT2D eigenvalue weighted by atomic mass is 10.0. The van der Waals surface area contributed by atoms with Gasteiger partial charge in [0, 0.05) is 4.75 Å². The van der Waals surface area contributed by atoms with Crippen molar-refractivity contribution in [1.82, 2.24) is 5.01 Å². The summed E-state index contributed by atoms with van der Waals surface area (Å²) in [4.78, 5) is 32.6. The van der Waals surface area contributed by atoms with Crippen molar-refractivity contribution < 1.29 is 19.8 Å². The van der Waals surface area contributed by atoms with E-state index in [1.807, 2.05) is 0 Å². The number of thioether (sulfide) groups is 1. The first-order chi connectivity index (χ1) is 7.72. The second-order valence-electron chi connectivity index (χ2n) is 4.18. The van der Waals surface area contributed by atoms with Gasteiger partial charge in [-0.25, -0.2) is 9.80 Å². The molecule has 0 radical (unpaired) electrons. The van der Waals surface area contributed by atoms with Crippen LogP contribution in [0.3, 0.4) is 0 Å². The molecule has 1 rings (SSSR count). The molecule has 4 N–H and O–H groups in total. The van der Waals surface area contributed by atoms with Crippen molar-refractivity contribution in [2.24, 2.45) is 11.0 Å². The third-order valence-electron chi connectivity index (χ3n) is 2.53. The Morgan fingerprint density at radius 2 is 2.00 bits per heavy atom. The van der Waals surface area contributed by atoms with Gasteiger partial charge in [0.15, 0.2) is 6.04 Å². The summed E-state index contributed by atoms with van der Waals surface area (Å²) in [6, 6.07) is -2.57. The van der Waals surface area contributed by atoms with Crippen LogP contribution in [0.15, 0.2) is 5.29 Å². The molecular formula is C8H13N3O5S. The minimum absolute atomic E-state index is 0.714. The van der Waals surface area contributed by atoms with Crippen molar-refractivity contribution in [3.8, 4) is 0 Å². The summed E-state index contributed by atoms with van der Waals surface area (Å²) < 4.78 is -0.850. The number of hydrogen-bond acceptors (Lipinski definition) is 6. The second kappa shape index (κ2) is 4.49. The molecule has 1 aliphatic rings. The fraction of sp³-hybridized carbons (Fsp3) is 0.750. The highest BCUT2D eigenvalue weighted by Gasteiger charge is 2.55. The molecule has 1 heterocycles. The zero-order valence-corrected chi connectivity index (χ0v) is 10.0. The van der Waals surface area contributed by atoms with Crippen LogP contribution in [0.4, 0.5) is 0 Å². The summed E-state index contributed by atoms with van der Waals surface area (Å²) >= 11 is 1.02. The summed E-state index contributed by atoms with van der Waals surface area (Å²) in [6.07, 6.45) is 0. The van der Waals surface area contributed by atoms with Gasteiger partial charge in [0.25, 0.3) is 0 Å². The molecule has 1 unspecified atom stereocenters. The van der Waals surface area contributed by atoms with Crippen molar-refractivity contribution in [3.05, 3.63) is 4.91 Å². The fourth-order valence-electron chi connectivity index (χ4n) is 1.76. The Bertz CT molecular complexity index is 361. The van der Waals surface area contributed by atoms with E-state index in [4.69, 9.17) is 15.9 Å². The summed E-state index contributed by atoms with van der Waals surface area (Å²) in [5.74, 6) is -2.54. The first-order valence-corrected chi connectivity index (χ1v) is 5.61. The van der Waals surface area contributed by atoms with Gasteiger partial charge in [-0.1, -0.05) is 0 Å². The molecule has 17 heavy (non-hydrogen) atoms. The lowest BCUT2D eigenvalue weighted by Gasteiger charge is -2.24. The summed E-state index contributed by atoms with van der Waals surface area (Å²) in [5.41, 5.74) is 5.42. The normalized spacial score (nSPS) is 28.8. The zero-order valence-electron chi connectivity index (χ0n) is 9.23. The van der Waals surface area contributed by atoms with E-state index in [2.05, 4.69) is 5.29 Å². The van der Waals surface area contributed by atoms with Gasteiger partial charge in [-0.3, -0.25) is 4.79 Å². The molecule has 96 valence electrons. The number of carboxylic acid groups (broad SMARTS) is 2. The van der Waals surface area contributed by atoms with Crippen molar-refractivity contribution in [3.63, 3.8) is 0 Å². The van der Waals surface area contributed by atoms with Crippen molar-refractivity contribution in [2.45, 2.75) is 36.1 Å². The molecule has 1 fully saturated rings. The van der Waals surface area contributed by atoms with E-state index >= 15 is 0 Å². The maximum atomic E-state index is 11.1. The van der Waals surface area contributed by atoms with Crippen LogP contribution in [-0.2, 0) is 9.59 Å². The standard InChI is InChI=1S/C8H13N3O5S/c1-8(2)4(7(14)15)11(10-16)5(17-8)3(9)6(12)13/h3-5H,9H2,1-2H3,(H,12,13)(H,14,15)/t3?,4-,5+/m0/s1. The van der Waals surface area contributed by atoms with Gasteiger partial charge in [-0.05, 0) is 13.8 Å². The van der Waals surface area contributed by atoms with Crippen molar-refractivity contribution in [1.29, 1.82) is 0 Å². The van der Waals surface area contributed by atoms with Crippen LogP contribution < -0.4 is 5.73 Å². The number of rotatable bonds is 4. The first-order valence-electron chi connectivity index (χ1n) is 4.73. The number of carbonyl (C=O) groups is 2. The number of hydrogen-bond donors (Lipinski definition) is 3. The van der Waals surface area contributed by atoms with Gasteiger partial charge in [-0.15, -0.1) is 16.7 Å². The maximum absolute atomic E-state index is 11.1. The highest BCUT2D eigenvalue weighted by molar-refractivity contribution is 8.01. The number of nitroso groups, excluding NO2 is 1. The predicted octanol–water partition coefficient (Wildman–Crippen LogP) is -0.314. The third-order valence-corrected chi connectivity index (χ3v) is 4.11. The number of nitrogens with zero attached hydrogens (tertiary/aromatic N) is 2. The van der Waals surface area contributed by atoms with Gasteiger partial charge in [0.05, 0.1) is 5.29 Å². The molecule has 1 saturated heterocycles. The maximum Gasteiger partial charge on any atom is 0.329 e. The molecule has 1 aliphatic heterocycles. The third kappa shape index (κ3) is 2.34. The largest absolute Gasteiger partial charge is 0.480 e. The van der Waals surface area contributed by atoms with E-state index < -0.39 is 34.1 Å². The van der Waals surface area contributed by atoms with Crippen LogP contribution in [0.25, 0.3) is 0 Å². The van der Waals surface area contributed by atoms with Crippen molar-refractivity contribution in [2.75, 3.05) is 0 Å². The molecule has 3 atom stereocenters. The number of aliphatic carboxylic acids is 2. The second-order valence-corrected chi connectivity index (χ2v) is 5.95. The highest BCUT2D eigenvalue weighted by atomic mass is 32.2.